The summed E-state index contributed by atoms with van der Waals surface area (Å²) in [7, 11) is 0. The third-order valence-electron chi connectivity index (χ3n) is 6.70. The molecule has 216 valence electrons. The number of aromatic nitrogens is 4. The minimum atomic E-state index is -0.551. The third-order valence-corrected chi connectivity index (χ3v) is 6.70. The molecule has 0 saturated carbocycles. The van der Waals surface area contributed by atoms with Gasteiger partial charge < -0.3 is 24.3 Å². The van der Waals surface area contributed by atoms with Gasteiger partial charge in [0.1, 0.15) is 11.1 Å². The van der Waals surface area contributed by atoms with E-state index in [1.165, 1.54) is 6.07 Å². The lowest BCUT2D eigenvalue weighted by Crippen LogP contribution is -2.50. The molecule has 10 nitrogen and oxygen atoms in total. The number of carbonyl (C=O) groups excluding carboxylic acids is 2. The maximum Gasteiger partial charge on any atom is 0.410 e. The highest BCUT2D eigenvalue weighted by Crippen LogP contribution is 2.31. The van der Waals surface area contributed by atoms with Crippen LogP contribution in [-0.4, -0.2) is 67.8 Å². The van der Waals surface area contributed by atoms with Crippen LogP contribution in [0.5, 0.6) is 0 Å². The van der Waals surface area contributed by atoms with Crippen molar-refractivity contribution in [2.24, 2.45) is 5.92 Å². The number of imidazole rings is 1. The van der Waals surface area contributed by atoms with E-state index in [0.29, 0.717) is 54.6 Å². The number of rotatable bonds is 5. The first kappa shape index (κ1) is 28.1. The molecule has 41 heavy (non-hydrogen) atoms. The Labute approximate surface area is 238 Å². The summed E-state index contributed by atoms with van der Waals surface area (Å²) in [6.07, 6.45) is 8.82. The van der Waals surface area contributed by atoms with Crippen molar-refractivity contribution >= 4 is 46.1 Å². The number of pyridine rings is 1. The van der Waals surface area contributed by atoms with E-state index >= 15 is 0 Å². The summed E-state index contributed by atoms with van der Waals surface area (Å²) in [6, 6.07) is 4.91. The topological polar surface area (TPSA) is 97.0 Å². The third kappa shape index (κ3) is 6.18. The summed E-state index contributed by atoms with van der Waals surface area (Å²) in [5.41, 5.74) is 2.46. The highest BCUT2D eigenvalue weighted by atomic mass is 19.1. The summed E-state index contributed by atoms with van der Waals surface area (Å²) in [5, 5.41) is 8.36. The Bertz CT molecular complexity index is 1640. The number of benzene rings is 1. The fraction of sp³-hybridized carbons (Fsp3) is 0.400. The van der Waals surface area contributed by atoms with Gasteiger partial charge in [-0.25, -0.2) is 18.9 Å². The van der Waals surface area contributed by atoms with Crippen molar-refractivity contribution in [3.8, 4) is 0 Å². The van der Waals surface area contributed by atoms with Gasteiger partial charge in [-0.1, -0.05) is 19.9 Å². The summed E-state index contributed by atoms with van der Waals surface area (Å²) < 4.78 is 23.4. The average molecular weight is 562 g/mol. The monoisotopic (exact) mass is 561 g/mol. The van der Waals surface area contributed by atoms with Gasteiger partial charge >= 0.3 is 6.09 Å². The van der Waals surface area contributed by atoms with Crippen LogP contribution in [0.1, 0.15) is 50.7 Å². The van der Waals surface area contributed by atoms with Crippen molar-refractivity contribution in [3.63, 3.8) is 0 Å². The number of anilines is 2. The van der Waals surface area contributed by atoms with Crippen LogP contribution in [0, 0.1) is 18.7 Å². The lowest BCUT2D eigenvalue weighted by Gasteiger charge is -2.37. The number of hydrogen-bond acceptors (Lipinski definition) is 6. The molecule has 1 N–H and O–H groups in total. The minimum absolute atomic E-state index is 0.203. The Hall–Kier alpha value is -4.41. The average Bonchev–Trinajstić information content (AvgIpc) is 3.49. The van der Waals surface area contributed by atoms with Crippen molar-refractivity contribution in [3.05, 3.63) is 59.9 Å². The molecule has 4 aromatic rings. The Morgan fingerprint density at radius 3 is 2.51 bits per heavy atom. The van der Waals surface area contributed by atoms with E-state index in [1.807, 2.05) is 45.3 Å². The van der Waals surface area contributed by atoms with Gasteiger partial charge in [0, 0.05) is 68.1 Å². The fourth-order valence-electron chi connectivity index (χ4n) is 4.81. The van der Waals surface area contributed by atoms with E-state index in [1.54, 1.807) is 39.4 Å². The smallest absolute Gasteiger partial charge is 0.410 e. The molecule has 1 aromatic carbocycles. The van der Waals surface area contributed by atoms with Gasteiger partial charge in [-0.15, -0.1) is 0 Å². The zero-order chi connectivity index (χ0) is 29.5. The number of nitrogens with zero attached hydrogens (tertiary/aromatic N) is 6. The number of fused-ring (bicyclic) bond motifs is 2. The molecular weight excluding hydrogens is 525 g/mol. The Balaban J connectivity index is 1.44. The van der Waals surface area contributed by atoms with Crippen LogP contribution in [0.2, 0.25) is 0 Å². The minimum Gasteiger partial charge on any atom is -0.444 e. The maximum absolute atomic E-state index is 14.6. The summed E-state index contributed by atoms with van der Waals surface area (Å²) in [6.45, 7) is 13.7. The SMILES string of the molecule is Cc1cn2cc(NC(=O)c3ccc(N4CCN(C(=O)OC(C)(C)C)CC4)c4cn(/C=C/C(C)C)nc34)cc(F)c2n1. The van der Waals surface area contributed by atoms with E-state index in [0.717, 1.165) is 11.1 Å². The molecule has 1 saturated heterocycles. The van der Waals surface area contributed by atoms with Gasteiger partial charge in [0.25, 0.3) is 5.91 Å². The van der Waals surface area contributed by atoms with Gasteiger partial charge in [-0.3, -0.25) is 4.79 Å². The molecule has 0 atom stereocenters. The molecule has 2 amide bonds. The van der Waals surface area contributed by atoms with E-state index in [-0.39, 0.29) is 11.7 Å². The van der Waals surface area contributed by atoms with Crippen molar-refractivity contribution in [1.29, 1.82) is 0 Å². The number of carbonyl (C=O) groups is 2. The maximum atomic E-state index is 14.6. The number of hydrogen-bond donors (Lipinski definition) is 1. The second-order valence-electron chi connectivity index (χ2n) is 11.7. The van der Waals surface area contributed by atoms with Crippen molar-refractivity contribution in [2.45, 2.75) is 47.1 Å². The van der Waals surface area contributed by atoms with Gasteiger partial charge in [-0.2, -0.15) is 5.10 Å². The van der Waals surface area contributed by atoms with Crippen LogP contribution in [-0.2, 0) is 4.74 Å². The van der Waals surface area contributed by atoms with E-state index < -0.39 is 17.3 Å². The first-order valence-electron chi connectivity index (χ1n) is 13.8. The molecule has 11 heteroatoms. The van der Waals surface area contributed by atoms with Crippen LogP contribution >= 0.6 is 0 Å². The van der Waals surface area contributed by atoms with Gasteiger partial charge in [0.2, 0.25) is 0 Å². The first-order valence-corrected chi connectivity index (χ1v) is 13.8. The number of nitrogens with one attached hydrogen (secondary N) is 1. The normalized spacial score (nSPS) is 14.5. The van der Waals surface area contributed by atoms with Crippen molar-refractivity contribution in [1.82, 2.24) is 24.1 Å². The number of piperazine rings is 1. The molecule has 0 spiro atoms. The van der Waals surface area contributed by atoms with Gasteiger partial charge in [0.05, 0.1) is 16.9 Å². The van der Waals surface area contributed by atoms with Crippen LogP contribution < -0.4 is 10.2 Å². The van der Waals surface area contributed by atoms with Crippen molar-refractivity contribution in [2.75, 3.05) is 36.4 Å². The number of ether oxygens (including phenoxy) is 1. The molecule has 5 rings (SSSR count). The molecule has 3 aromatic heterocycles. The number of amides is 2. The standard InChI is InChI=1S/C30H36FN7O3/c1-19(2)9-10-38-18-23-25(35-11-13-36(14-12-35)29(40)41-30(4,5)6)8-7-22(26(23)34-38)28(39)33-21-15-24(31)27-32-20(3)16-37(27)17-21/h7-10,15-19H,11-14H2,1-6H3,(H,33,39)/b10-9+. The van der Waals surface area contributed by atoms with E-state index in [2.05, 4.69) is 29.0 Å². The Morgan fingerprint density at radius 1 is 1.10 bits per heavy atom. The number of aryl methyl sites for hydroxylation is 1. The molecule has 0 aliphatic carbocycles. The largest absolute Gasteiger partial charge is 0.444 e. The predicted molar refractivity (Wildman–Crippen MR) is 158 cm³/mol. The molecule has 0 unspecified atom stereocenters. The first-order chi connectivity index (χ1) is 19.4. The van der Waals surface area contributed by atoms with E-state index in [4.69, 9.17) is 9.84 Å². The molecular formula is C30H36FN7O3. The highest BCUT2D eigenvalue weighted by Gasteiger charge is 2.27. The van der Waals surface area contributed by atoms with Crippen LogP contribution in [0.15, 0.2) is 42.9 Å². The van der Waals surface area contributed by atoms with E-state index in [9.17, 15) is 14.0 Å². The Kier molecular flexibility index (Phi) is 7.46. The summed E-state index contributed by atoms with van der Waals surface area (Å²) in [4.78, 5) is 34.1. The highest BCUT2D eigenvalue weighted by molar-refractivity contribution is 6.14. The van der Waals surface area contributed by atoms with Gasteiger partial charge in [-0.05, 0) is 45.7 Å². The number of allylic oxidation sites excluding steroid dienone is 1. The quantitative estimate of drug-likeness (QED) is 0.342. The predicted octanol–water partition coefficient (Wildman–Crippen LogP) is 5.57. The summed E-state index contributed by atoms with van der Waals surface area (Å²) >= 11 is 0. The molecule has 1 fully saturated rings. The zero-order valence-corrected chi connectivity index (χ0v) is 24.3. The van der Waals surface area contributed by atoms with Crippen LogP contribution in [0.25, 0.3) is 22.8 Å². The molecule has 1 aliphatic heterocycles. The Morgan fingerprint density at radius 2 is 1.83 bits per heavy atom. The molecule has 0 radical (unpaired) electrons. The fourth-order valence-corrected chi connectivity index (χ4v) is 4.81. The number of halogens is 1. The lowest BCUT2D eigenvalue weighted by molar-refractivity contribution is 0.0240. The zero-order valence-electron chi connectivity index (χ0n) is 24.3. The lowest BCUT2D eigenvalue weighted by atomic mass is 10.1. The van der Waals surface area contributed by atoms with Crippen molar-refractivity contribution < 1.29 is 18.7 Å². The van der Waals surface area contributed by atoms with Gasteiger partial charge in [0.15, 0.2) is 11.5 Å². The summed E-state index contributed by atoms with van der Waals surface area (Å²) in [5.74, 6) is -0.600. The molecule has 0 bridgehead atoms. The van der Waals surface area contributed by atoms with Crippen LogP contribution in [0.4, 0.5) is 20.6 Å². The van der Waals surface area contributed by atoms with Crippen LogP contribution in [0.3, 0.4) is 0 Å². The second-order valence-corrected chi connectivity index (χ2v) is 11.7. The molecule has 4 heterocycles. The molecule has 1 aliphatic rings. The second kappa shape index (κ2) is 10.9.